The molecule has 3 rings (SSSR count). The van der Waals surface area contributed by atoms with Gasteiger partial charge < -0.3 is 33.1 Å². The molecule has 2 aliphatic heterocycles. The highest BCUT2D eigenvalue weighted by Crippen LogP contribution is 2.34. The summed E-state index contributed by atoms with van der Waals surface area (Å²) in [6.07, 6.45) is 29.7. The van der Waals surface area contributed by atoms with E-state index in [1.165, 1.54) is 53.9 Å². The van der Waals surface area contributed by atoms with Crippen LogP contribution in [0.4, 0.5) is 8.63 Å². The Balaban J connectivity index is 1.20. The molecule has 6 nitrogen and oxygen atoms in total. The van der Waals surface area contributed by atoms with Crippen molar-refractivity contribution in [2.75, 3.05) is 6.61 Å². The monoisotopic (exact) mass is 657 g/mol. The molecule has 0 spiro atoms. The number of aryl methyl sites for hydroxylation is 2. The number of aromatic nitrogens is 1. The van der Waals surface area contributed by atoms with Crippen LogP contribution < -0.4 is 5.32 Å². The second-order valence-corrected chi connectivity index (χ2v) is 13.8. The van der Waals surface area contributed by atoms with Gasteiger partial charge in [-0.2, -0.15) is 0 Å². The van der Waals surface area contributed by atoms with Crippen molar-refractivity contribution in [3.05, 3.63) is 53.0 Å². The Hall–Kier alpha value is -2.52. The van der Waals surface area contributed by atoms with E-state index in [0.717, 1.165) is 76.2 Å². The molecule has 1 aromatic rings. The minimum atomic E-state index is -3.88. The first-order valence-corrected chi connectivity index (χ1v) is 18.7. The highest BCUT2D eigenvalue weighted by Gasteiger charge is 2.52. The number of aliphatic hydroxyl groups excluding tert-OH is 2. The molecule has 0 aromatic carbocycles. The van der Waals surface area contributed by atoms with Crippen molar-refractivity contribution in [2.45, 2.75) is 161 Å². The molecule has 2 atom stereocenters. The first-order chi connectivity index (χ1) is 22.7. The van der Waals surface area contributed by atoms with Crippen molar-refractivity contribution in [3.8, 4) is 0 Å². The lowest BCUT2D eigenvalue weighted by molar-refractivity contribution is -0.362. The van der Waals surface area contributed by atoms with E-state index < -0.39 is 19.1 Å². The predicted octanol–water partition coefficient (Wildman–Crippen LogP) is 8.92. The van der Waals surface area contributed by atoms with Crippen LogP contribution in [-0.2, 0) is 4.79 Å². The molecule has 0 bridgehead atoms. The highest BCUT2D eigenvalue weighted by molar-refractivity contribution is 6.58. The fourth-order valence-electron chi connectivity index (χ4n) is 7.01. The number of rotatable bonds is 25. The fraction of sp³-hybridized carbons (Fsp3) is 0.684. The number of carbonyl (C=O) groups is 1. The molecule has 1 aromatic heterocycles. The summed E-state index contributed by atoms with van der Waals surface area (Å²) in [6.45, 7) is 1.70. The van der Waals surface area contributed by atoms with Gasteiger partial charge in [-0.3, -0.25) is 4.79 Å². The summed E-state index contributed by atoms with van der Waals surface area (Å²) in [4.78, 5) is 12.3. The van der Waals surface area contributed by atoms with E-state index in [-0.39, 0.29) is 12.5 Å². The van der Waals surface area contributed by atoms with Crippen molar-refractivity contribution in [2.24, 2.45) is 0 Å². The van der Waals surface area contributed by atoms with Crippen LogP contribution in [0.2, 0.25) is 0 Å². The lowest BCUT2D eigenvalue weighted by Gasteiger charge is -2.30. The summed E-state index contributed by atoms with van der Waals surface area (Å²) >= 11 is 0. The minimum Gasteiger partial charge on any atom is -0.394 e. The maximum Gasteiger partial charge on any atom is 0.737 e. The average molecular weight is 658 g/mol. The molecule has 0 saturated heterocycles. The van der Waals surface area contributed by atoms with Crippen LogP contribution in [0.3, 0.4) is 0 Å². The smallest absolute Gasteiger partial charge is 0.394 e. The zero-order valence-corrected chi connectivity index (χ0v) is 29.5. The van der Waals surface area contributed by atoms with Gasteiger partial charge in [-0.25, -0.2) is 0 Å². The largest absolute Gasteiger partial charge is 0.737 e. The summed E-state index contributed by atoms with van der Waals surface area (Å²) in [6, 6.07) is 1.16. The Morgan fingerprint density at radius 2 is 1.51 bits per heavy atom. The number of allylic oxidation sites excluding steroid dienone is 3. The summed E-state index contributed by atoms with van der Waals surface area (Å²) < 4.78 is 33.6. The number of unbranched alkanes of at least 4 members (excludes halogenated alkanes) is 16. The molecule has 0 unspecified atom stereocenters. The van der Waals surface area contributed by atoms with Crippen molar-refractivity contribution < 1.29 is 28.1 Å². The fourth-order valence-corrected chi connectivity index (χ4v) is 7.01. The molecule has 1 amide bonds. The standard InChI is InChI=1S/C38H62BF2N3O3/c1-4-5-6-7-8-9-13-16-19-22-25-38(47)42-35(30-45)37(46)24-21-18-15-12-10-11-14-17-20-23-33-26-27-34-29-36-31(2)28-32(3)43(36)39(40,41)44(33)34/h21,24,26-29,35,37,45-46H,4-20,22-23,25,30H2,1-3H3,(H,42,47)/b24-21+/t35-,37+/m0/s1. The van der Waals surface area contributed by atoms with Crippen LogP contribution >= 0.6 is 0 Å². The van der Waals surface area contributed by atoms with E-state index in [1.54, 1.807) is 13.0 Å². The van der Waals surface area contributed by atoms with Crippen molar-refractivity contribution in [3.63, 3.8) is 0 Å². The Bertz CT molecular complexity index is 1240. The van der Waals surface area contributed by atoms with Gasteiger partial charge in [-0.15, -0.1) is 0 Å². The molecule has 0 saturated carbocycles. The quantitative estimate of drug-likeness (QED) is 0.0559. The molecule has 9 heteroatoms. The van der Waals surface area contributed by atoms with E-state index >= 15 is 8.63 Å². The summed E-state index contributed by atoms with van der Waals surface area (Å²) in [5.74, 6) is -0.109. The highest BCUT2D eigenvalue weighted by atomic mass is 19.2. The SMILES string of the molecule is CCCCCCCCCCCCC(=O)N[C@@H](CO)[C@H](O)/C=C/CCCCCCCCCC1=[N+]2C(=Cc3c(C)cc(C)n3[B-]2(F)F)C=C1. The Morgan fingerprint density at radius 3 is 2.15 bits per heavy atom. The normalized spacial score (nSPS) is 16.4. The molecule has 0 radical (unpaired) electrons. The second kappa shape index (κ2) is 20.8. The van der Waals surface area contributed by atoms with E-state index in [0.29, 0.717) is 35.6 Å². The first kappa shape index (κ1) is 38.9. The summed E-state index contributed by atoms with van der Waals surface area (Å²) in [7, 11) is 0. The van der Waals surface area contributed by atoms with Crippen molar-refractivity contribution in [1.29, 1.82) is 0 Å². The van der Waals surface area contributed by atoms with Gasteiger partial charge in [0.1, 0.15) is 5.71 Å². The number of hydrogen-bond acceptors (Lipinski definition) is 3. The van der Waals surface area contributed by atoms with E-state index in [1.807, 2.05) is 37.3 Å². The van der Waals surface area contributed by atoms with E-state index in [2.05, 4.69) is 12.2 Å². The molecule has 2 aliphatic rings. The van der Waals surface area contributed by atoms with Crippen molar-refractivity contribution >= 4 is 24.7 Å². The zero-order valence-electron chi connectivity index (χ0n) is 29.5. The third kappa shape index (κ3) is 12.1. The molecule has 3 N–H and O–H groups in total. The van der Waals surface area contributed by atoms with Gasteiger partial charge in [0, 0.05) is 36.8 Å². The summed E-state index contributed by atoms with van der Waals surface area (Å²) in [5, 5.41) is 22.9. The van der Waals surface area contributed by atoms with Gasteiger partial charge in [0.05, 0.1) is 18.8 Å². The minimum absolute atomic E-state index is 0.109. The Labute approximate surface area is 283 Å². The zero-order chi connectivity index (χ0) is 34.1. The van der Waals surface area contributed by atoms with E-state index in [4.69, 9.17) is 0 Å². The molecule has 47 heavy (non-hydrogen) atoms. The third-order valence-electron chi connectivity index (χ3n) is 9.76. The number of carbonyl (C=O) groups excluding carboxylic acids is 1. The average Bonchev–Trinajstić information content (AvgIpc) is 3.59. The second-order valence-electron chi connectivity index (χ2n) is 13.8. The topological polar surface area (TPSA) is 77.5 Å². The van der Waals surface area contributed by atoms with E-state index in [9.17, 15) is 15.0 Å². The predicted molar refractivity (Wildman–Crippen MR) is 192 cm³/mol. The van der Waals surface area contributed by atoms with Gasteiger partial charge in [-0.1, -0.05) is 109 Å². The molecule has 0 fully saturated rings. The molecule has 3 heterocycles. The number of halogens is 2. The first-order valence-electron chi connectivity index (χ1n) is 18.7. The Kier molecular flexibility index (Phi) is 17.2. The van der Waals surface area contributed by atoms with Crippen LogP contribution in [0.15, 0.2) is 36.1 Å². The van der Waals surface area contributed by atoms with Gasteiger partial charge in [0.2, 0.25) is 5.91 Å². The lowest BCUT2D eigenvalue weighted by atomic mass is 9.90. The number of hydrogen-bond donors (Lipinski definition) is 3. The molecular formula is C38H62BF2N3O3. The number of nitrogens with zero attached hydrogens (tertiary/aromatic N) is 2. The summed E-state index contributed by atoms with van der Waals surface area (Å²) in [5.41, 5.74) is 3.41. The third-order valence-corrected chi connectivity index (χ3v) is 9.76. The van der Waals surface area contributed by atoms with Gasteiger partial charge in [-0.05, 0) is 56.9 Å². The van der Waals surface area contributed by atoms with Crippen LogP contribution in [-0.4, -0.2) is 56.5 Å². The lowest BCUT2D eigenvalue weighted by Crippen LogP contribution is -2.50. The van der Waals surface area contributed by atoms with Crippen LogP contribution in [0.5, 0.6) is 0 Å². The molecule has 0 aliphatic carbocycles. The molecular weight excluding hydrogens is 595 g/mol. The van der Waals surface area contributed by atoms with Crippen LogP contribution in [0.1, 0.15) is 152 Å². The Morgan fingerprint density at radius 1 is 0.915 bits per heavy atom. The maximum atomic E-state index is 15.5. The van der Waals surface area contributed by atoms with Crippen LogP contribution in [0, 0.1) is 13.8 Å². The number of amides is 1. The van der Waals surface area contributed by atoms with Gasteiger partial charge in [0.25, 0.3) is 0 Å². The van der Waals surface area contributed by atoms with Crippen LogP contribution in [0.25, 0.3) is 6.08 Å². The van der Waals surface area contributed by atoms with Gasteiger partial charge in [0.15, 0.2) is 5.70 Å². The number of aliphatic hydroxyl groups is 2. The maximum absolute atomic E-state index is 15.5. The number of fused-ring (bicyclic) bond motifs is 2. The molecule has 264 valence electrons. The van der Waals surface area contributed by atoms with Crippen molar-refractivity contribution in [1.82, 2.24) is 9.79 Å². The number of nitrogens with one attached hydrogen (secondary N) is 1. The van der Waals surface area contributed by atoms with Gasteiger partial charge >= 0.3 is 6.97 Å².